The Morgan fingerprint density at radius 2 is 2.14 bits per heavy atom. The summed E-state index contributed by atoms with van der Waals surface area (Å²) in [5.74, 6) is -0.0534. The van der Waals surface area contributed by atoms with Crippen molar-refractivity contribution in [3.8, 4) is 6.07 Å². The molecule has 1 aliphatic heterocycles. The molecule has 2 aromatic rings. The van der Waals surface area contributed by atoms with Crippen molar-refractivity contribution < 1.29 is 4.79 Å². The number of piperazine rings is 1. The van der Waals surface area contributed by atoms with E-state index in [-0.39, 0.29) is 5.91 Å². The van der Waals surface area contributed by atoms with Gasteiger partial charge in [-0.3, -0.25) is 9.48 Å². The number of aromatic amines is 1. The molecule has 0 aliphatic carbocycles. The van der Waals surface area contributed by atoms with Crippen LogP contribution in [-0.2, 0) is 7.05 Å². The molecule has 21 heavy (non-hydrogen) atoms. The number of nitrogens with zero attached hydrogens (tertiary/aromatic N) is 5. The molecule has 1 fully saturated rings. The molecular formula is C14H16N6O. The molecule has 0 unspecified atom stereocenters. The van der Waals surface area contributed by atoms with Crippen LogP contribution >= 0.6 is 0 Å². The van der Waals surface area contributed by atoms with Gasteiger partial charge in [-0.25, -0.2) is 0 Å². The first-order valence-electron chi connectivity index (χ1n) is 6.79. The number of amides is 1. The fourth-order valence-corrected chi connectivity index (χ4v) is 2.49. The van der Waals surface area contributed by atoms with Crippen molar-refractivity contribution in [1.29, 1.82) is 5.26 Å². The van der Waals surface area contributed by atoms with E-state index in [9.17, 15) is 4.79 Å². The number of nitriles is 1. The van der Waals surface area contributed by atoms with Crippen molar-refractivity contribution in [3.63, 3.8) is 0 Å². The van der Waals surface area contributed by atoms with Crippen LogP contribution < -0.4 is 4.90 Å². The summed E-state index contributed by atoms with van der Waals surface area (Å²) in [6.07, 6.45) is 5.36. The zero-order chi connectivity index (χ0) is 14.8. The zero-order valence-corrected chi connectivity index (χ0v) is 11.8. The second kappa shape index (κ2) is 5.32. The summed E-state index contributed by atoms with van der Waals surface area (Å²) in [5, 5.41) is 13.0. The Bertz CT molecular complexity index is 686. The van der Waals surface area contributed by atoms with E-state index in [0.29, 0.717) is 24.3 Å². The third kappa shape index (κ3) is 2.60. The number of H-pyrrole nitrogens is 1. The Hall–Kier alpha value is -2.75. The van der Waals surface area contributed by atoms with E-state index >= 15 is 0 Å². The van der Waals surface area contributed by atoms with Gasteiger partial charge in [-0.2, -0.15) is 10.4 Å². The normalized spacial score (nSPS) is 15.0. The summed E-state index contributed by atoms with van der Waals surface area (Å²) in [6.45, 7) is 2.88. The Kier molecular flexibility index (Phi) is 3.36. The Morgan fingerprint density at radius 1 is 1.38 bits per heavy atom. The van der Waals surface area contributed by atoms with Crippen LogP contribution in [0.25, 0.3) is 0 Å². The number of rotatable bonds is 2. The van der Waals surface area contributed by atoms with Crippen LogP contribution in [0.2, 0.25) is 0 Å². The Morgan fingerprint density at radius 3 is 2.71 bits per heavy atom. The summed E-state index contributed by atoms with van der Waals surface area (Å²) in [4.78, 5) is 19.2. The average Bonchev–Trinajstić information content (AvgIpc) is 3.15. The fraction of sp³-hybridized carbons (Fsp3) is 0.357. The van der Waals surface area contributed by atoms with Crippen LogP contribution in [0, 0.1) is 11.3 Å². The highest BCUT2D eigenvalue weighted by Crippen LogP contribution is 2.16. The topological polar surface area (TPSA) is 81.0 Å². The van der Waals surface area contributed by atoms with Crippen molar-refractivity contribution in [1.82, 2.24) is 19.7 Å². The quantitative estimate of drug-likeness (QED) is 0.874. The molecule has 0 saturated carbocycles. The summed E-state index contributed by atoms with van der Waals surface area (Å²) in [6, 6.07) is 3.61. The summed E-state index contributed by atoms with van der Waals surface area (Å²) >= 11 is 0. The predicted octanol–water partition coefficient (Wildman–Crippen LogP) is 0.582. The number of hydrogen-bond acceptors (Lipinski definition) is 4. The van der Waals surface area contributed by atoms with Gasteiger partial charge in [0.05, 0.1) is 17.4 Å². The van der Waals surface area contributed by atoms with Crippen LogP contribution in [0.5, 0.6) is 0 Å². The lowest BCUT2D eigenvalue weighted by Crippen LogP contribution is -2.48. The first kappa shape index (κ1) is 13.2. The number of nitrogens with one attached hydrogen (secondary N) is 1. The lowest BCUT2D eigenvalue weighted by molar-refractivity contribution is 0.0741. The highest BCUT2D eigenvalue weighted by Gasteiger charge is 2.23. The van der Waals surface area contributed by atoms with Crippen molar-refractivity contribution in [2.75, 3.05) is 31.1 Å². The van der Waals surface area contributed by atoms with Gasteiger partial charge in [0.1, 0.15) is 11.8 Å². The molecule has 1 N–H and O–H groups in total. The number of hydrogen-bond donors (Lipinski definition) is 1. The number of aromatic nitrogens is 3. The van der Waals surface area contributed by atoms with Gasteiger partial charge in [0.25, 0.3) is 5.91 Å². The summed E-state index contributed by atoms with van der Waals surface area (Å²) in [7, 11) is 1.89. The molecule has 7 nitrogen and oxygen atoms in total. The number of carbonyl (C=O) groups excluding carboxylic acids is 1. The molecule has 2 aromatic heterocycles. The molecule has 0 atom stereocenters. The van der Waals surface area contributed by atoms with E-state index in [0.717, 1.165) is 18.8 Å². The van der Waals surface area contributed by atoms with Crippen LogP contribution in [0.4, 0.5) is 5.69 Å². The molecule has 1 aliphatic rings. The predicted molar refractivity (Wildman–Crippen MR) is 76.8 cm³/mol. The van der Waals surface area contributed by atoms with Gasteiger partial charge in [0, 0.05) is 45.6 Å². The van der Waals surface area contributed by atoms with E-state index in [2.05, 4.69) is 15.0 Å². The van der Waals surface area contributed by atoms with E-state index in [1.54, 1.807) is 21.8 Å². The lowest BCUT2D eigenvalue weighted by atomic mass is 10.2. The SMILES string of the molecule is Cn1cc(N2CCN(C(=O)c3cc(C#N)c[nH]3)CC2)cn1. The van der Waals surface area contributed by atoms with E-state index in [1.165, 1.54) is 0 Å². The van der Waals surface area contributed by atoms with Crippen LogP contribution in [0.15, 0.2) is 24.7 Å². The summed E-state index contributed by atoms with van der Waals surface area (Å²) < 4.78 is 1.77. The van der Waals surface area contributed by atoms with Gasteiger partial charge in [0.2, 0.25) is 0 Å². The number of carbonyl (C=O) groups is 1. The molecule has 0 bridgehead atoms. The number of aryl methyl sites for hydroxylation is 1. The van der Waals surface area contributed by atoms with Gasteiger partial charge in [-0.05, 0) is 6.07 Å². The third-order valence-corrected chi connectivity index (χ3v) is 3.67. The van der Waals surface area contributed by atoms with E-state index < -0.39 is 0 Å². The van der Waals surface area contributed by atoms with Crippen molar-refractivity contribution in [2.45, 2.75) is 0 Å². The third-order valence-electron chi connectivity index (χ3n) is 3.67. The molecule has 7 heteroatoms. The highest BCUT2D eigenvalue weighted by molar-refractivity contribution is 5.93. The van der Waals surface area contributed by atoms with Gasteiger partial charge in [0.15, 0.2) is 0 Å². The molecule has 108 valence electrons. The van der Waals surface area contributed by atoms with Gasteiger partial charge >= 0.3 is 0 Å². The van der Waals surface area contributed by atoms with Gasteiger partial charge < -0.3 is 14.8 Å². The fourth-order valence-electron chi connectivity index (χ4n) is 2.49. The smallest absolute Gasteiger partial charge is 0.270 e. The minimum Gasteiger partial charge on any atom is -0.365 e. The maximum Gasteiger partial charge on any atom is 0.270 e. The molecule has 0 spiro atoms. The van der Waals surface area contributed by atoms with Crippen LogP contribution in [0.1, 0.15) is 16.1 Å². The van der Waals surface area contributed by atoms with Crippen molar-refractivity contribution >= 4 is 11.6 Å². The van der Waals surface area contributed by atoms with E-state index in [1.807, 2.05) is 25.5 Å². The van der Waals surface area contributed by atoms with Crippen molar-refractivity contribution in [3.05, 3.63) is 35.9 Å². The summed E-state index contributed by atoms with van der Waals surface area (Å²) in [5.41, 5.74) is 2.03. The highest BCUT2D eigenvalue weighted by atomic mass is 16.2. The Labute approximate surface area is 122 Å². The second-order valence-corrected chi connectivity index (χ2v) is 5.07. The molecule has 1 amide bonds. The maximum atomic E-state index is 12.3. The lowest BCUT2D eigenvalue weighted by Gasteiger charge is -2.35. The van der Waals surface area contributed by atoms with Crippen LogP contribution in [0.3, 0.4) is 0 Å². The monoisotopic (exact) mass is 284 g/mol. The standard InChI is InChI=1S/C14H16N6O/c1-18-10-12(9-17-18)19-2-4-20(5-3-19)14(21)13-6-11(7-15)8-16-13/h6,8-10,16H,2-5H2,1H3. The van der Waals surface area contributed by atoms with Gasteiger partial charge in [-0.1, -0.05) is 0 Å². The first-order valence-corrected chi connectivity index (χ1v) is 6.79. The largest absolute Gasteiger partial charge is 0.365 e. The first-order chi connectivity index (χ1) is 10.2. The Balaban J connectivity index is 1.63. The molecular weight excluding hydrogens is 268 g/mol. The molecule has 3 heterocycles. The molecule has 0 aromatic carbocycles. The average molecular weight is 284 g/mol. The van der Waals surface area contributed by atoms with Crippen LogP contribution in [-0.4, -0.2) is 51.8 Å². The minimum absolute atomic E-state index is 0.0534. The van der Waals surface area contributed by atoms with Crippen molar-refractivity contribution in [2.24, 2.45) is 7.05 Å². The minimum atomic E-state index is -0.0534. The van der Waals surface area contributed by atoms with E-state index in [4.69, 9.17) is 5.26 Å². The molecule has 0 radical (unpaired) electrons. The second-order valence-electron chi connectivity index (χ2n) is 5.07. The molecule has 3 rings (SSSR count). The van der Waals surface area contributed by atoms with Gasteiger partial charge in [-0.15, -0.1) is 0 Å². The number of anilines is 1. The maximum absolute atomic E-state index is 12.3. The molecule has 1 saturated heterocycles. The zero-order valence-electron chi connectivity index (χ0n) is 11.8.